The van der Waals surface area contributed by atoms with E-state index in [1.807, 2.05) is 18.2 Å². The molecule has 0 aliphatic rings. The number of hydrogen-bond donors (Lipinski definition) is 2. The normalized spacial score (nSPS) is 10.8. The minimum absolute atomic E-state index is 0.0873. The number of anilines is 1. The molecule has 0 spiro atoms. The molecule has 0 atom stereocenters. The van der Waals surface area contributed by atoms with E-state index in [0.29, 0.717) is 5.69 Å². The molecule has 3 nitrogen and oxygen atoms in total. The average molecular weight is 368 g/mol. The Bertz CT molecular complexity index is 847. The van der Waals surface area contributed by atoms with E-state index in [1.54, 1.807) is 6.07 Å². The van der Waals surface area contributed by atoms with Gasteiger partial charge in [-0.25, -0.2) is 4.39 Å². The summed E-state index contributed by atoms with van der Waals surface area (Å²) >= 11 is 9.05. The molecule has 1 aromatic heterocycles. The maximum absolute atomic E-state index is 13.7. The highest BCUT2D eigenvalue weighted by Crippen LogP contribution is 2.22. The summed E-state index contributed by atoms with van der Waals surface area (Å²) in [5, 5.41) is 3.69. The third-order valence-corrected chi connectivity index (χ3v) is 3.74. The van der Waals surface area contributed by atoms with Crippen molar-refractivity contribution in [2.24, 2.45) is 0 Å². The van der Waals surface area contributed by atoms with Gasteiger partial charge in [-0.3, -0.25) is 4.79 Å². The number of carbonyl (C=O) groups excluding carboxylic acids is 1. The summed E-state index contributed by atoms with van der Waals surface area (Å²) in [5.41, 5.74) is 1.28. The Hall–Kier alpha value is -1.85. The van der Waals surface area contributed by atoms with Gasteiger partial charge < -0.3 is 10.3 Å². The number of nitrogens with one attached hydrogen (secondary N) is 2. The van der Waals surface area contributed by atoms with Gasteiger partial charge in [0.1, 0.15) is 11.5 Å². The molecule has 0 aliphatic heterocycles. The van der Waals surface area contributed by atoms with Crippen molar-refractivity contribution in [3.63, 3.8) is 0 Å². The molecular formula is C15H9BrClFN2O. The van der Waals surface area contributed by atoms with Crippen LogP contribution in [-0.4, -0.2) is 10.9 Å². The van der Waals surface area contributed by atoms with Crippen LogP contribution in [0.1, 0.15) is 10.5 Å². The fraction of sp³-hybridized carbons (Fsp3) is 0. The van der Waals surface area contributed by atoms with Crippen LogP contribution < -0.4 is 5.32 Å². The number of carbonyl (C=O) groups is 1. The van der Waals surface area contributed by atoms with Crippen LogP contribution in [0.25, 0.3) is 10.9 Å². The average Bonchev–Trinajstić information content (AvgIpc) is 2.85. The van der Waals surface area contributed by atoms with Crippen molar-refractivity contribution in [3.05, 3.63) is 63.5 Å². The number of halogens is 3. The Balaban J connectivity index is 1.89. The van der Waals surface area contributed by atoms with Gasteiger partial charge >= 0.3 is 0 Å². The third-order valence-electron chi connectivity index (χ3n) is 3.01. The first-order chi connectivity index (χ1) is 10.0. The zero-order chi connectivity index (χ0) is 15.0. The molecule has 2 N–H and O–H groups in total. The first-order valence-electron chi connectivity index (χ1n) is 6.07. The van der Waals surface area contributed by atoms with E-state index >= 15 is 0 Å². The molecule has 3 aromatic rings. The van der Waals surface area contributed by atoms with Gasteiger partial charge in [0.2, 0.25) is 0 Å². The summed E-state index contributed by atoms with van der Waals surface area (Å²) in [6.45, 7) is 0. The summed E-state index contributed by atoms with van der Waals surface area (Å²) in [7, 11) is 0. The lowest BCUT2D eigenvalue weighted by atomic mass is 10.2. The van der Waals surface area contributed by atoms with Crippen molar-refractivity contribution in [3.8, 4) is 0 Å². The van der Waals surface area contributed by atoms with Crippen LogP contribution in [-0.2, 0) is 0 Å². The van der Waals surface area contributed by atoms with Crippen LogP contribution >= 0.6 is 27.5 Å². The lowest BCUT2D eigenvalue weighted by Gasteiger charge is -2.05. The second-order valence-corrected chi connectivity index (χ2v) is 5.84. The predicted octanol–water partition coefficient (Wildman–Crippen LogP) is 4.98. The minimum atomic E-state index is -0.574. The predicted molar refractivity (Wildman–Crippen MR) is 85.4 cm³/mol. The number of aromatic nitrogens is 1. The standard InChI is InChI=1S/C15H9BrClFN2O/c16-9-1-3-12-8(5-9)6-14(19-12)15(21)20-13-4-2-10(17)7-11(13)18/h1-7,19H,(H,20,21). The molecule has 0 bridgehead atoms. The van der Waals surface area contributed by atoms with Crippen LogP contribution in [0.5, 0.6) is 0 Å². The lowest BCUT2D eigenvalue weighted by Crippen LogP contribution is -2.13. The van der Waals surface area contributed by atoms with Crippen LogP contribution in [0, 0.1) is 5.82 Å². The van der Waals surface area contributed by atoms with Gasteiger partial charge in [-0.2, -0.15) is 0 Å². The van der Waals surface area contributed by atoms with Crippen LogP contribution in [0.4, 0.5) is 10.1 Å². The molecule has 1 heterocycles. The highest BCUT2D eigenvalue weighted by atomic mass is 79.9. The summed E-state index contributed by atoms with van der Waals surface area (Å²) in [5.74, 6) is -0.988. The van der Waals surface area contributed by atoms with Crippen molar-refractivity contribution < 1.29 is 9.18 Å². The third kappa shape index (κ3) is 2.94. The van der Waals surface area contributed by atoms with Crippen molar-refractivity contribution >= 4 is 50.0 Å². The van der Waals surface area contributed by atoms with Gasteiger partial charge in [0.15, 0.2) is 0 Å². The van der Waals surface area contributed by atoms with Crippen LogP contribution in [0.3, 0.4) is 0 Å². The molecule has 1 amide bonds. The number of hydrogen-bond acceptors (Lipinski definition) is 1. The fourth-order valence-corrected chi connectivity index (χ4v) is 2.54. The summed E-state index contributed by atoms with van der Waals surface area (Å²) in [4.78, 5) is 15.1. The summed E-state index contributed by atoms with van der Waals surface area (Å²) < 4.78 is 14.6. The number of amides is 1. The molecular weight excluding hydrogens is 359 g/mol. The number of benzene rings is 2. The second-order valence-electron chi connectivity index (χ2n) is 4.49. The van der Waals surface area contributed by atoms with Gasteiger partial charge in [-0.15, -0.1) is 0 Å². The summed E-state index contributed by atoms with van der Waals surface area (Å²) in [6.07, 6.45) is 0. The zero-order valence-corrected chi connectivity index (χ0v) is 12.9. The van der Waals surface area contributed by atoms with E-state index in [9.17, 15) is 9.18 Å². The monoisotopic (exact) mass is 366 g/mol. The first-order valence-corrected chi connectivity index (χ1v) is 7.25. The zero-order valence-electron chi connectivity index (χ0n) is 10.6. The van der Waals surface area contributed by atoms with Gasteiger partial charge in [0.05, 0.1) is 5.69 Å². The molecule has 0 saturated heterocycles. The van der Waals surface area contributed by atoms with Crippen molar-refractivity contribution in [1.29, 1.82) is 0 Å². The summed E-state index contributed by atoms with van der Waals surface area (Å²) in [6, 6.07) is 11.4. The second kappa shape index (κ2) is 5.50. The lowest BCUT2D eigenvalue weighted by molar-refractivity contribution is 0.102. The molecule has 0 saturated carbocycles. The highest BCUT2D eigenvalue weighted by Gasteiger charge is 2.12. The van der Waals surface area contributed by atoms with Crippen molar-refractivity contribution in [1.82, 2.24) is 4.98 Å². The van der Waals surface area contributed by atoms with Gasteiger partial charge in [0.25, 0.3) is 5.91 Å². The largest absolute Gasteiger partial charge is 0.351 e. The van der Waals surface area contributed by atoms with E-state index in [0.717, 1.165) is 21.4 Å². The Morgan fingerprint density at radius 2 is 2.00 bits per heavy atom. The molecule has 6 heteroatoms. The molecule has 0 fully saturated rings. The smallest absolute Gasteiger partial charge is 0.272 e. The van der Waals surface area contributed by atoms with E-state index in [4.69, 9.17) is 11.6 Å². The van der Waals surface area contributed by atoms with Gasteiger partial charge in [-0.05, 0) is 42.5 Å². The topological polar surface area (TPSA) is 44.9 Å². The SMILES string of the molecule is O=C(Nc1ccc(Cl)cc1F)c1cc2cc(Br)ccc2[nH]1. The maximum Gasteiger partial charge on any atom is 0.272 e. The van der Waals surface area contributed by atoms with Crippen LogP contribution in [0.2, 0.25) is 5.02 Å². The number of fused-ring (bicyclic) bond motifs is 1. The molecule has 0 radical (unpaired) electrons. The Kier molecular flexibility index (Phi) is 3.69. The van der Waals surface area contributed by atoms with Gasteiger partial charge in [0, 0.05) is 20.4 Å². The number of aromatic amines is 1. The van der Waals surface area contributed by atoms with Gasteiger partial charge in [-0.1, -0.05) is 27.5 Å². The number of H-pyrrole nitrogens is 1. The number of rotatable bonds is 2. The van der Waals surface area contributed by atoms with E-state index in [-0.39, 0.29) is 10.7 Å². The first kappa shape index (κ1) is 14.1. The Morgan fingerprint density at radius 1 is 1.19 bits per heavy atom. The maximum atomic E-state index is 13.7. The van der Waals surface area contributed by atoms with Crippen molar-refractivity contribution in [2.75, 3.05) is 5.32 Å². The molecule has 21 heavy (non-hydrogen) atoms. The molecule has 106 valence electrons. The molecule has 3 rings (SSSR count). The van der Waals surface area contributed by atoms with E-state index in [1.165, 1.54) is 12.1 Å². The highest BCUT2D eigenvalue weighted by molar-refractivity contribution is 9.10. The quantitative estimate of drug-likeness (QED) is 0.659. The van der Waals surface area contributed by atoms with E-state index in [2.05, 4.69) is 26.2 Å². The Morgan fingerprint density at radius 3 is 2.76 bits per heavy atom. The van der Waals surface area contributed by atoms with Crippen LogP contribution in [0.15, 0.2) is 46.9 Å². The molecule has 0 aliphatic carbocycles. The minimum Gasteiger partial charge on any atom is -0.351 e. The fourth-order valence-electron chi connectivity index (χ4n) is 2.01. The molecule has 2 aromatic carbocycles. The Labute approximate surface area is 133 Å². The van der Waals surface area contributed by atoms with Crippen molar-refractivity contribution in [2.45, 2.75) is 0 Å². The van der Waals surface area contributed by atoms with E-state index < -0.39 is 11.7 Å². The molecule has 0 unspecified atom stereocenters.